The molecule has 1 rings (SSSR count). The number of nitrogens with zero attached hydrogens (tertiary/aromatic N) is 1. The van der Waals surface area contributed by atoms with Crippen LogP contribution in [0.25, 0.3) is 0 Å². The second kappa shape index (κ2) is 2.21. The summed E-state index contributed by atoms with van der Waals surface area (Å²) < 4.78 is 0. The largest absolute Gasteiger partial charge is 0.283 e. The van der Waals surface area contributed by atoms with Gasteiger partial charge in [0.05, 0.1) is 6.20 Å². The van der Waals surface area contributed by atoms with Crippen molar-refractivity contribution in [1.29, 1.82) is 5.41 Å². The molecule has 0 amide bonds. The summed E-state index contributed by atoms with van der Waals surface area (Å²) in [6.45, 7) is 0. The minimum atomic E-state index is 0.245. The topological polar surface area (TPSA) is 36.7 Å². The number of aromatic nitrogens is 1. The maximum absolute atomic E-state index is 6.97. The molecule has 1 aromatic heterocycles. The normalized spacial score (nSPS) is 8.50. The molecule has 0 saturated heterocycles. The summed E-state index contributed by atoms with van der Waals surface area (Å²) in [6, 6.07) is 6.81. The number of hydrogen-bond donors (Lipinski definition) is 1. The molecule has 0 saturated carbocycles. The molecule has 0 aliphatic carbocycles. The summed E-state index contributed by atoms with van der Waals surface area (Å²) in [4.78, 5) is 3.58. The molecule has 2 heteroatoms. The van der Waals surface area contributed by atoms with Crippen LogP contribution < -0.4 is 5.49 Å². The van der Waals surface area contributed by atoms with Gasteiger partial charge in [0.2, 0.25) is 0 Å². The van der Waals surface area contributed by atoms with Crippen LogP contribution in [-0.2, 0) is 0 Å². The fourth-order valence-corrected chi connectivity index (χ4v) is 0.389. The molecule has 8 heavy (non-hydrogen) atoms. The van der Waals surface area contributed by atoms with Crippen molar-refractivity contribution in [2.75, 3.05) is 0 Å². The molecular formula is C6H5N2. The zero-order valence-corrected chi connectivity index (χ0v) is 4.26. The first kappa shape index (κ1) is 4.97. The Morgan fingerprint density at radius 3 is 3.25 bits per heavy atom. The predicted molar refractivity (Wildman–Crippen MR) is 28.9 cm³/mol. The van der Waals surface area contributed by atoms with Crippen molar-refractivity contribution >= 4 is 0 Å². The van der Waals surface area contributed by atoms with Crippen LogP contribution in [0.15, 0.2) is 24.3 Å². The number of rotatable bonds is 0. The summed E-state index contributed by atoms with van der Waals surface area (Å²) in [7, 11) is 0. The third-order valence-corrected chi connectivity index (χ3v) is 0.721. The number of hydrogen-bond acceptors (Lipinski definition) is 2. The van der Waals surface area contributed by atoms with E-state index in [2.05, 4.69) is 11.2 Å². The van der Waals surface area contributed by atoms with Gasteiger partial charge < -0.3 is 0 Å². The van der Waals surface area contributed by atoms with Crippen molar-refractivity contribution in [2.45, 2.75) is 0 Å². The molecule has 1 heterocycles. The van der Waals surface area contributed by atoms with Gasteiger partial charge in [-0.1, -0.05) is 12.1 Å². The van der Waals surface area contributed by atoms with Crippen LogP contribution in [0.1, 0.15) is 0 Å². The first-order valence-electron chi connectivity index (χ1n) is 2.27. The van der Waals surface area contributed by atoms with E-state index in [4.69, 9.17) is 5.41 Å². The average molecular weight is 105 g/mol. The van der Waals surface area contributed by atoms with Crippen LogP contribution in [0.2, 0.25) is 0 Å². The van der Waals surface area contributed by atoms with Crippen LogP contribution in [0.4, 0.5) is 0 Å². The van der Waals surface area contributed by atoms with E-state index in [1.54, 1.807) is 24.3 Å². The molecule has 1 N–H and O–H groups in total. The van der Waals surface area contributed by atoms with Crippen molar-refractivity contribution in [1.82, 2.24) is 4.98 Å². The van der Waals surface area contributed by atoms with Crippen molar-refractivity contribution in [2.24, 2.45) is 0 Å². The van der Waals surface area contributed by atoms with Gasteiger partial charge in [-0.2, -0.15) is 0 Å². The van der Waals surface area contributed by atoms with Crippen LogP contribution in [0.3, 0.4) is 0 Å². The Balaban J connectivity index is 3.32. The van der Waals surface area contributed by atoms with E-state index in [-0.39, 0.29) is 5.49 Å². The van der Waals surface area contributed by atoms with E-state index in [1.807, 2.05) is 0 Å². The Labute approximate surface area is 47.3 Å². The molecule has 0 atom stereocenters. The zero-order valence-electron chi connectivity index (χ0n) is 4.26. The highest BCUT2D eigenvalue weighted by Gasteiger charge is 1.67. The zero-order chi connectivity index (χ0) is 5.82. The van der Waals surface area contributed by atoms with Crippen LogP contribution in [-0.4, -0.2) is 4.98 Å². The first-order chi connectivity index (χ1) is 3.89. The highest BCUT2D eigenvalue weighted by atomic mass is 14.7. The van der Waals surface area contributed by atoms with Gasteiger partial charge in [-0.05, 0) is 12.1 Å². The van der Waals surface area contributed by atoms with Crippen LogP contribution >= 0.6 is 0 Å². The lowest BCUT2D eigenvalue weighted by Gasteiger charge is -1.60. The fraction of sp³-hybridized carbons (Fsp3) is 0. The molecule has 1 aromatic rings. The van der Waals surface area contributed by atoms with E-state index in [9.17, 15) is 0 Å². The molecular weight excluding hydrogens is 100 g/mol. The molecule has 0 aliphatic rings. The van der Waals surface area contributed by atoms with E-state index >= 15 is 0 Å². The maximum atomic E-state index is 6.97. The van der Waals surface area contributed by atoms with Gasteiger partial charge in [0.1, 0.15) is 5.49 Å². The third-order valence-electron chi connectivity index (χ3n) is 0.721. The molecule has 0 aliphatic heterocycles. The molecule has 0 aromatic carbocycles. The molecule has 2 nitrogen and oxygen atoms in total. The molecule has 0 bridgehead atoms. The van der Waals surface area contributed by atoms with Crippen LogP contribution in [0, 0.1) is 11.6 Å². The average Bonchev–Trinajstić information content (AvgIpc) is 1.94. The summed E-state index contributed by atoms with van der Waals surface area (Å²) in [5.41, 5.74) is 0.245. The lowest BCUT2D eigenvalue weighted by atomic mass is 10.5. The highest BCUT2D eigenvalue weighted by Crippen LogP contribution is 1.68. The second-order valence-corrected chi connectivity index (χ2v) is 1.34. The molecule has 0 fully saturated rings. The van der Waals surface area contributed by atoms with Gasteiger partial charge in [0.15, 0.2) is 0 Å². The SMILES string of the molecule is N=c1cccc[c]n1. The molecule has 1 radical (unpaired) electrons. The summed E-state index contributed by atoms with van der Waals surface area (Å²) in [6.07, 6.45) is 2.55. The summed E-state index contributed by atoms with van der Waals surface area (Å²) in [5, 5.41) is 6.97. The van der Waals surface area contributed by atoms with Gasteiger partial charge in [0.25, 0.3) is 0 Å². The molecule has 0 spiro atoms. The monoisotopic (exact) mass is 105 g/mol. The smallest absolute Gasteiger partial charge is 0.145 e. The quantitative estimate of drug-likeness (QED) is 0.508. The van der Waals surface area contributed by atoms with Gasteiger partial charge in [-0.15, -0.1) is 0 Å². The lowest BCUT2D eigenvalue weighted by Crippen LogP contribution is -1.96. The van der Waals surface area contributed by atoms with Gasteiger partial charge in [-0.25, -0.2) is 4.98 Å². The van der Waals surface area contributed by atoms with Crippen molar-refractivity contribution in [3.63, 3.8) is 0 Å². The Morgan fingerprint density at radius 2 is 2.38 bits per heavy atom. The van der Waals surface area contributed by atoms with Gasteiger partial charge in [0, 0.05) is 0 Å². The summed E-state index contributed by atoms with van der Waals surface area (Å²) in [5.74, 6) is 0. The van der Waals surface area contributed by atoms with Gasteiger partial charge >= 0.3 is 0 Å². The molecule has 0 unspecified atom stereocenters. The third kappa shape index (κ3) is 1.15. The maximum Gasteiger partial charge on any atom is 0.145 e. The Morgan fingerprint density at radius 1 is 1.50 bits per heavy atom. The number of nitrogens with one attached hydrogen (secondary N) is 1. The van der Waals surface area contributed by atoms with Crippen molar-refractivity contribution in [3.8, 4) is 0 Å². The van der Waals surface area contributed by atoms with E-state index in [0.29, 0.717) is 0 Å². The Hall–Kier alpha value is -1.18. The minimum absolute atomic E-state index is 0.245. The van der Waals surface area contributed by atoms with Crippen molar-refractivity contribution in [3.05, 3.63) is 36.0 Å². The van der Waals surface area contributed by atoms with Gasteiger partial charge in [-0.3, -0.25) is 5.41 Å². The van der Waals surface area contributed by atoms with Crippen molar-refractivity contribution < 1.29 is 0 Å². The Bertz CT molecular complexity index is 197. The van der Waals surface area contributed by atoms with E-state index in [0.717, 1.165) is 0 Å². The standard InChI is InChI=1S/C6H5N2/c7-6-4-2-1-3-5-8-6/h1-4,7H. The minimum Gasteiger partial charge on any atom is -0.283 e. The first-order valence-corrected chi connectivity index (χ1v) is 2.27. The predicted octanol–water partition coefficient (Wildman–Crippen LogP) is 0.361. The fourth-order valence-electron chi connectivity index (χ4n) is 0.389. The molecule has 39 valence electrons. The lowest BCUT2D eigenvalue weighted by molar-refractivity contribution is 1.11. The van der Waals surface area contributed by atoms with E-state index in [1.165, 1.54) is 0 Å². The second-order valence-electron chi connectivity index (χ2n) is 1.34. The van der Waals surface area contributed by atoms with Crippen LogP contribution in [0.5, 0.6) is 0 Å². The Kier molecular flexibility index (Phi) is 1.37. The summed E-state index contributed by atoms with van der Waals surface area (Å²) >= 11 is 0. The van der Waals surface area contributed by atoms with E-state index < -0.39 is 0 Å². The highest BCUT2D eigenvalue weighted by molar-refractivity contribution is 4.89.